The highest BCUT2D eigenvalue weighted by molar-refractivity contribution is 7.89. The molecule has 2 aromatic rings. The number of likely N-dealkylation sites (N-methyl/N-ethyl adjacent to an activating group) is 1. The Morgan fingerprint density at radius 1 is 1.08 bits per heavy atom. The van der Waals surface area contributed by atoms with Gasteiger partial charge in [-0.25, -0.2) is 8.42 Å². The maximum atomic E-state index is 12.7. The summed E-state index contributed by atoms with van der Waals surface area (Å²) in [5.41, 5.74) is 0.956. The first-order valence-electron chi connectivity index (χ1n) is 8.52. The van der Waals surface area contributed by atoms with Crippen LogP contribution >= 0.6 is 0 Å². The number of nitrogens with one attached hydrogen (secondary N) is 1. The van der Waals surface area contributed by atoms with Crippen molar-refractivity contribution in [3.63, 3.8) is 0 Å². The van der Waals surface area contributed by atoms with E-state index in [9.17, 15) is 13.2 Å². The van der Waals surface area contributed by atoms with Crippen LogP contribution in [-0.4, -0.2) is 56.8 Å². The lowest BCUT2D eigenvalue weighted by atomic mass is 10.1. The molecular formula is C18H23N3O4S. The molecule has 3 rings (SSSR count). The molecule has 0 bridgehead atoms. The quantitative estimate of drug-likeness (QED) is 0.858. The van der Waals surface area contributed by atoms with E-state index in [1.54, 1.807) is 0 Å². The normalized spacial score (nSPS) is 17.8. The molecular weight excluding hydrogens is 354 g/mol. The fourth-order valence-electron chi connectivity index (χ4n) is 2.83. The van der Waals surface area contributed by atoms with Gasteiger partial charge in [0.05, 0.1) is 6.04 Å². The predicted molar refractivity (Wildman–Crippen MR) is 97.3 cm³/mol. The monoisotopic (exact) mass is 377 g/mol. The zero-order valence-electron chi connectivity index (χ0n) is 14.9. The second kappa shape index (κ2) is 7.61. The highest BCUT2D eigenvalue weighted by Gasteiger charge is 2.31. The van der Waals surface area contributed by atoms with E-state index in [0.29, 0.717) is 26.2 Å². The number of carbonyl (C=O) groups is 1. The molecule has 0 unspecified atom stereocenters. The molecule has 1 aliphatic rings. The molecule has 0 spiro atoms. The van der Waals surface area contributed by atoms with Gasteiger partial charge in [-0.1, -0.05) is 30.3 Å². The second-order valence-corrected chi connectivity index (χ2v) is 8.30. The topological polar surface area (TPSA) is 82.9 Å². The van der Waals surface area contributed by atoms with Crippen molar-refractivity contribution in [2.45, 2.75) is 18.1 Å². The lowest BCUT2D eigenvalue weighted by Gasteiger charge is -2.30. The molecule has 1 amide bonds. The number of hydrogen-bond acceptors (Lipinski definition) is 5. The van der Waals surface area contributed by atoms with Gasteiger partial charge in [0.25, 0.3) is 15.9 Å². The number of hydrogen-bond donors (Lipinski definition) is 1. The summed E-state index contributed by atoms with van der Waals surface area (Å²) in [5, 5.41) is 2.62. The summed E-state index contributed by atoms with van der Waals surface area (Å²) in [4.78, 5) is 14.4. The van der Waals surface area contributed by atoms with Crippen molar-refractivity contribution in [3.8, 4) is 0 Å². The van der Waals surface area contributed by atoms with E-state index in [1.807, 2.05) is 44.3 Å². The van der Waals surface area contributed by atoms with Crippen LogP contribution in [0.4, 0.5) is 0 Å². The zero-order valence-corrected chi connectivity index (χ0v) is 15.7. The summed E-state index contributed by atoms with van der Waals surface area (Å²) < 4.78 is 32.1. The van der Waals surface area contributed by atoms with E-state index in [-0.39, 0.29) is 16.9 Å². The zero-order chi connectivity index (χ0) is 18.7. The molecule has 7 nitrogen and oxygen atoms in total. The van der Waals surface area contributed by atoms with Gasteiger partial charge in [-0.15, -0.1) is 0 Å². The van der Waals surface area contributed by atoms with Crippen molar-refractivity contribution < 1.29 is 17.6 Å². The van der Waals surface area contributed by atoms with Gasteiger partial charge in [0.2, 0.25) is 5.09 Å². The summed E-state index contributed by atoms with van der Waals surface area (Å²) >= 11 is 0. The minimum Gasteiger partial charge on any atom is -0.438 e. The van der Waals surface area contributed by atoms with Crippen LogP contribution < -0.4 is 5.32 Å². The van der Waals surface area contributed by atoms with E-state index in [2.05, 4.69) is 10.2 Å². The highest BCUT2D eigenvalue weighted by Crippen LogP contribution is 2.21. The third kappa shape index (κ3) is 3.98. The summed E-state index contributed by atoms with van der Waals surface area (Å²) in [5.74, 6) is -0.457. The molecule has 0 radical (unpaired) electrons. The van der Waals surface area contributed by atoms with Gasteiger partial charge in [0, 0.05) is 26.2 Å². The molecule has 2 heterocycles. The van der Waals surface area contributed by atoms with Crippen LogP contribution in [0, 0.1) is 0 Å². The van der Waals surface area contributed by atoms with Crippen LogP contribution in [0.3, 0.4) is 0 Å². The molecule has 0 saturated carbocycles. The molecule has 1 fully saturated rings. The third-order valence-electron chi connectivity index (χ3n) is 4.51. The summed E-state index contributed by atoms with van der Waals surface area (Å²) in [6.07, 6.45) is 0. The Balaban J connectivity index is 1.70. The van der Waals surface area contributed by atoms with Crippen LogP contribution in [0.1, 0.15) is 29.1 Å². The van der Waals surface area contributed by atoms with Gasteiger partial charge in [-0.05, 0) is 31.7 Å². The van der Waals surface area contributed by atoms with Crippen molar-refractivity contribution >= 4 is 15.9 Å². The average molecular weight is 377 g/mol. The smallest absolute Gasteiger partial charge is 0.287 e. The maximum Gasteiger partial charge on any atom is 0.287 e. The van der Waals surface area contributed by atoms with Crippen LogP contribution in [-0.2, 0) is 10.0 Å². The van der Waals surface area contributed by atoms with Gasteiger partial charge in [-0.3, -0.25) is 4.79 Å². The number of amides is 1. The van der Waals surface area contributed by atoms with E-state index >= 15 is 0 Å². The molecule has 140 valence electrons. The van der Waals surface area contributed by atoms with Crippen molar-refractivity contribution in [2.75, 3.05) is 33.2 Å². The maximum absolute atomic E-state index is 12.7. The Hall–Kier alpha value is -2.16. The van der Waals surface area contributed by atoms with Gasteiger partial charge in [0.15, 0.2) is 5.76 Å². The molecule has 8 heteroatoms. The van der Waals surface area contributed by atoms with E-state index < -0.39 is 15.9 Å². The Morgan fingerprint density at radius 3 is 2.38 bits per heavy atom. The minimum absolute atomic E-state index is 0.0134. The SMILES string of the molecule is C[C@H](NC(=O)c1ccc(S(=O)(=O)N2CCN(C)CC2)o1)c1ccccc1. The molecule has 1 atom stereocenters. The van der Waals surface area contributed by atoms with Crippen molar-refractivity contribution in [1.82, 2.24) is 14.5 Å². The lowest BCUT2D eigenvalue weighted by Crippen LogP contribution is -2.46. The van der Waals surface area contributed by atoms with Gasteiger partial charge in [-0.2, -0.15) is 4.31 Å². The standard InChI is InChI=1S/C18H23N3O4S/c1-14(15-6-4-3-5-7-15)19-18(22)16-8-9-17(25-16)26(23,24)21-12-10-20(2)11-13-21/h3-9,14H,10-13H2,1-2H3,(H,19,22)/t14-/m0/s1. The number of benzene rings is 1. The van der Waals surface area contributed by atoms with Gasteiger partial charge < -0.3 is 14.6 Å². The van der Waals surface area contributed by atoms with Crippen LogP contribution in [0.25, 0.3) is 0 Å². The lowest BCUT2D eigenvalue weighted by molar-refractivity contribution is 0.0906. The average Bonchev–Trinajstić information content (AvgIpc) is 3.14. The third-order valence-corrected chi connectivity index (χ3v) is 6.28. The summed E-state index contributed by atoms with van der Waals surface area (Å²) in [6.45, 7) is 4.01. The first-order chi connectivity index (χ1) is 12.4. The number of carbonyl (C=O) groups excluding carboxylic acids is 1. The van der Waals surface area contributed by atoms with E-state index in [0.717, 1.165) is 5.56 Å². The first kappa shape index (κ1) is 18.6. The summed E-state index contributed by atoms with van der Waals surface area (Å²) in [6, 6.07) is 12.0. The molecule has 0 aliphatic carbocycles. The van der Waals surface area contributed by atoms with Gasteiger partial charge in [0.1, 0.15) is 0 Å². The molecule has 1 saturated heterocycles. The van der Waals surface area contributed by atoms with Crippen LogP contribution in [0.15, 0.2) is 52.0 Å². The molecule has 1 aromatic carbocycles. The second-order valence-electron chi connectivity index (χ2n) is 6.43. The fraction of sp³-hybridized carbons (Fsp3) is 0.389. The Kier molecular flexibility index (Phi) is 5.45. The Morgan fingerprint density at radius 2 is 1.73 bits per heavy atom. The minimum atomic E-state index is -3.72. The number of rotatable bonds is 5. The van der Waals surface area contributed by atoms with E-state index in [4.69, 9.17) is 4.42 Å². The molecule has 1 N–H and O–H groups in total. The van der Waals surface area contributed by atoms with Crippen LogP contribution in [0.5, 0.6) is 0 Å². The number of sulfonamides is 1. The van der Waals surface area contributed by atoms with Crippen molar-refractivity contribution in [1.29, 1.82) is 0 Å². The Labute approximate surface area is 153 Å². The van der Waals surface area contributed by atoms with Crippen LogP contribution in [0.2, 0.25) is 0 Å². The number of piperazine rings is 1. The largest absolute Gasteiger partial charge is 0.438 e. The summed E-state index contributed by atoms with van der Waals surface area (Å²) in [7, 11) is -1.77. The number of nitrogens with zero attached hydrogens (tertiary/aromatic N) is 2. The molecule has 1 aliphatic heterocycles. The number of furan rings is 1. The molecule has 1 aromatic heterocycles. The van der Waals surface area contributed by atoms with Crippen molar-refractivity contribution in [2.24, 2.45) is 0 Å². The highest BCUT2D eigenvalue weighted by atomic mass is 32.2. The van der Waals surface area contributed by atoms with E-state index in [1.165, 1.54) is 16.4 Å². The first-order valence-corrected chi connectivity index (χ1v) is 9.96. The molecule has 26 heavy (non-hydrogen) atoms. The fourth-order valence-corrected chi connectivity index (χ4v) is 4.16. The Bertz CT molecular complexity index is 856. The van der Waals surface area contributed by atoms with Crippen molar-refractivity contribution in [3.05, 3.63) is 53.8 Å². The van der Waals surface area contributed by atoms with Gasteiger partial charge >= 0.3 is 0 Å². The predicted octanol–water partition coefficient (Wildman–Crippen LogP) is 1.71.